The average molecular weight is 252 g/mol. The lowest BCUT2D eigenvalue weighted by molar-refractivity contribution is -0.385. The smallest absolute Gasteiger partial charge is 0.311 e. The maximum atomic E-state index is 10.8. The van der Waals surface area contributed by atoms with Gasteiger partial charge in [-0.05, 0) is 18.4 Å². The Kier molecular flexibility index (Phi) is 4.95. The molecule has 18 heavy (non-hydrogen) atoms. The Bertz CT molecular complexity index is 419. The number of ether oxygens (including phenoxy) is 1. The van der Waals surface area contributed by atoms with E-state index in [9.17, 15) is 10.1 Å². The Labute approximate surface area is 108 Å². The van der Waals surface area contributed by atoms with E-state index in [0.717, 1.165) is 18.7 Å². The van der Waals surface area contributed by atoms with Crippen LogP contribution >= 0.6 is 0 Å². The fourth-order valence-electron chi connectivity index (χ4n) is 1.64. The molecule has 0 saturated heterocycles. The second kappa shape index (κ2) is 6.23. The molecule has 0 saturated carbocycles. The molecule has 0 spiro atoms. The minimum atomic E-state index is -0.434. The van der Waals surface area contributed by atoms with Crippen LogP contribution in [0.4, 0.5) is 11.4 Å². The zero-order valence-corrected chi connectivity index (χ0v) is 11.3. The molecule has 0 heterocycles. The second-order valence-corrected chi connectivity index (χ2v) is 4.72. The van der Waals surface area contributed by atoms with E-state index in [0.29, 0.717) is 11.7 Å². The number of nitro groups is 1. The van der Waals surface area contributed by atoms with Gasteiger partial charge in [-0.2, -0.15) is 0 Å². The summed E-state index contributed by atoms with van der Waals surface area (Å²) in [6, 6.07) is 4.94. The van der Waals surface area contributed by atoms with Crippen molar-refractivity contribution in [1.82, 2.24) is 0 Å². The lowest BCUT2D eigenvalue weighted by Gasteiger charge is -2.20. The molecule has 1 aromatic carbocycles. The van der Waals surface area contributed by atoms with Gasteiger partial charge in [0.2, 0.25) is 0 Å². The Balaban J connectivity index is 2.87. The maximum absolute atomic E-state index is 10.8. The highest BCUT2D eigenvalue weighted by Crippen LogP contribution is 2.31. The van der Waals surface area contributed by atoms with Gasteiger partial charge in [0, 0.05) is 31.4 Å². The molecule has 0 amide bonds. The third-order valence-corrected chi connectivity index (χ3v) is 2.84. The van der Waals surface area contributed by atoms with Crippen LogP contribution in [-0.4, -0.2) is 25.6 Å². The molecule has 0 atom stereocenters. The van der Waals surface area contributed by atoms with Crippen LogP contribution < -0.4 is 9.64 Å². The first kappa shape index (κ1) is 14.3. The predicted molar refractivity (Wildman–Crippen MR) is 72.4 cm³/mol. The van der Waals surface area contributed by atoms with E-state index in [4.69, 9.17) is 4.74 Å². The van der Waals surface area contributed by atoms with Crippen LogP contribution in [0.1, 0.15) is 20.3 Å². The molecule has 0 aliphatic carbocycles. The fourth-order valence-corrected chi connectivity index (χ4v) is 1.64. The lowest BCUT2D eigenvalue weighted by Crippen LogP contribution is -2.19. The van der Waals surface area contributed by atoms with Crippen molar-refractivity contribution in [1.29, 1.82) is 0 Å². The number of methoxy groups -OCH3 is 1. The minimum absolute atomic E-state index is 0.00138. The number of hydrogen-bond donors (Lipinski definition) is 0. The third-order valence-electron chi connectivity index (χ3n) is 2.84. The molecular weight excluding hydrogens is 232 g/mol. The van der Waals surface area contributed by atoms with Crippen molar-refractivity contribution < 1.29 is 9.66 Å². The van der Waals surface area contributed by atoms with Gasteiger partial charge in [-0.15, -0.1) is 0 Å². The number of benzene rings is 1. The molecule has 0 radical (unpaired) electrons. The summed E-state index contributed by atoms with van der Waals surface area (Å²) in [6.45, 7) is 5.26. The third kappa shape index (κ3) is 3.61. The van der Waals surface area contributed by atoms with E-state index < -0.39 is 4.92 Å². The first-order valence-corrected chi connectivity index (χ1v) is 5.99. The Morgan fingerprint density at radius 1 is 1.44 bits per heavy atom. The van der Waals surface area contributed by atoms with E-state index >= 15 is 0 Å². The number of rotatable bonds is 6. The molecule has 0 aliphatic rings. The molecule has 1 rings (SSSR count). The number of hydrogen-bond acceptors (Lipinski definition) is 4. The van der Waals surface area contributed by atoms with Crippen molar-refractivity contribution in [3.05, 3.63) is 28.3 Å². The van der Waals surface area contributed by atoms with Gasteiger partial charge in [-0.1, -0.05) is 13.8 Å². The van der Waals surface area contributed by atoms with Gasteiger partial charge >= 0.3 is 5.69 Å². The van der Waals surface area contributed by atoms with E-state index in [1.807, 2.05) is 7.05 Å². The SMILES string of the molecule is COc1cc(N(C)CCC(C)C)ccc1[N+](=O)[O-]. The van der Waals surface area contributed by atoms with Gasteiger partial charge in [0.1, 0.15) is 0 Å². The van der Waals surface area contributed by atoms with E-state index in [2.05, 4.69) is 18.7 Å². The number of nitrogens with zero attached hydrogens (tertiary/aromatic N) is 2. The normalized spacial score (nSPS) is 10.5. The van der Waals surface area contributed by atoms with Crippen molar-refractivity contribution in [2.24, 2.45) is 5.92 Å². The van der Waals surface area contributed by atoms with Crippen LogP contribution in [-0.2, 0) is 0 Å². The van der Waals surface area contributed by atoms with Crippen LogP contribution in [0.25, 0.3) is 0 Å². The van der Waals surface area contributed by atoms with E-state index in [1.165, 1.54) is 13.2 Å². The summed E-state index contributed by atoms with van der Waals surface area (Å²) < 4.78 is 5.05. The zero-order chi connectivity index (χ0) is 13.7. The summed E-state index contributed by atoms with van der Waals surface area (Å²) >= 11 is 0. The van der Waals surface area contributed by atoms with Gasteiger partial charge in [0.05, 0.1) is 12.0 Å². The minimum Gasteiger partial charge on any atom is -0.490 e. The summed E-state index contributed by atoms with van der Waals surface area (Å²) in [5.74, 6) is 0.932. The molecule has 0 unspecified atom stereocenters. The Morgan fingerprint density at radius 2 is 2.11 bits per heavy atom. The number of nitro benzene ring substituents is 1. The molecule has 0 fully saturated rings. The molecule has 0 N–H and O–H groups in total. The molecule has 100 valence electrons. The number of anilines is 1. The summed E-state index contributed by atoms with van der Waals surface area (Å²) in [5, 5.41) is 10.8. The van der Waals surface area contributed by atoms with Crippen LogP contribution in [0.15, 0.2) is 18.2 Å². The highest BCUT2D eigenvalue weighted by molar-refractivity contribution is 5.58. The summed E-state index contributed by atoms with van der Waals surface area (Å²) in [5.41, 5.74) is 0.927. The standard InChI is InChI=1S/C13H20N2O3/c1-10(2)7-8-14(3)11-5-6-12(15(16)17)13(9-11)18-4/h5-6,9-10H,7-8H2,1-4H3. The molecule has 0 aromatic heterocycles. The predicted octanol–water partition coefficient (Wildman–Crippen LogP) is 3.09. The molecule has 0 aliphatic heterocycles. The summed E-state index contributed by atoms with van der Waals surface area (Å²) in [4.78, 5) is 12.4. The van der Waals surface area contributed by atoms with Gasteiger partial charge in [-0.3, -0.25) is 10.1 Å². The average Bonchev–Trinajstić information content (AvgIpc) is 2.34. The molecule has 0 bridgehead atoms. The Hall–Kier alpha value is -1.78. The van der Waals surface area contributed by atoms with E-state index in [-0.39, 0.29) is 5.69 Å². The van der Waals surface area contributed by atoms with Crippen molar-refractivity contribution in [2.75, 3.05) is 25.6 Å². The summed E-state index contributed by atoms with van der Waals surface area (Å²) in [7, 11) is 3.42. The first-order chi connectivity index (χ1) is 8.45. The van der Waals surface area contributed by atoms with Crippen LogP contribution in [0.5, 0.6) is 5.75 Å². The van der Waals surface area contributed by atoms with Crippen molar-refractivity contribution in [3.63, 3.8) is 0 Å². The highest BCUT2D eigenvalue weighted by Gasteiger charge is 2.15. The fraction of sp³-hybridized carbons (Fsp3) is 0.538. The highest BCUT2D eigenvalue weighted by atomic mass is 16.6. The van der Waals surface area contributed by atoms with Crippen LogP contribution in [0.3, 0.4) is 0 Å². The topological polar surface area (TPSA) is 55.6 Å². The molecule has 5 heteroatoms. The van der Waals surface area contributed by atoms with Crippen molar-refractivity contribution >= 4 is 11.4 Å². The van der Waals surface area contributed by atoms with E-state index in [1.54, 1.807) is 12.1 Å². The first-order valence-electron chi connectivity index (χ1n) is 5.99. The Morgan fingerprint density at radius 3 is 2.61 bits per heavy atom. The van der Waals surface area contributed by atoms with Crippen molar-refractivity contribution in [3.8, 4) is 5.75 Å². The maximum Gasteiger partial charge on any atom is 0.311 e. The van der Waals surface area contributed by atoms with Crippen LogP contribution in [0, 0.1) is 16.0 Å². The molecule has 5 nitrogen and oxygen atoms in total. The van der Waals surface area contributed by atoms with Crippen LogP contribution in [0.2, 0.25) is 0 Å². The summed E-state index contributed by atoms with van der Waals surface area (Å²) in [6.07, 6.45) is 1.08. The largest absolute Gasteiger partial charge is 0.490 e. The second-order valence-electron chi connectivity index (χ2n) is 4.72. The van der Waals surface area contributed by atoms with Gasteiger partial charge in [-0.25, -0.2) is 0 Å². The van der Waals surface area contributed by atoms with Gasteiger partial charge in [0.15, 0.2) is 5.75 Å². The van der Waals surface area contributed by atoms with Gasteiger partial charge in [0.25, 0.3) is 0 Å². The monoisotopic (exact) mass is 252 g/mol. The molecular formula is C13H20N2O3. The zero-order valence-electron chi connectivity index (χ0n) is 11.3. The molecule has 1 aromatic rings. The quantitative estimate of drug-likeness (QED) is 0.576. The van der Waals surface area contributed by atoms with Gasteiger partial charge < -0.3 is 9.64 Å². The van der Waals surface area contributed by atoms with Crippen molar-refractivity contribution in [2.45, 2.75) is 20.3 Å². The lowest BCUT2D eigenvalue weighted by atomic mass is 10.1.